The minimum atomic E-state index is -0.461. The van der Waals surface area contributed by atoms with Gasteiger partial charge in [-0.15, -0.1) is 11.3 Å². The first kappa shape index (κ1) is 15.3. The standard InChI is InChI=1S/C18H20N2O3S/c1-9-6-7-10-13(8-9)24-18-14(10)17(22)19-16(20-18)11-4-3-5-12(23-2)15(11)21/h3-5,9,16,20-21H,6-8H2,1-2H3,(H,19,22)/t9-,16-/m1/s1. The molecule has 2 aliphatic rings. The number of nitrogens with one attached hydrogen (secondary N) is 2. The first-order valence-electron chi connectivity index (χ1n) is 8.16. The van der Waals surface area contributed by atoms with Gasteiger partial charge in [-0.2, -0.15) is 0 Å². The van der Waals surface area contributed by atoms with Crippen LogP contribution in [0.4, 0.5) is 5.00 Å². The molecule has 0 fully saturated rings. The second-order valence-corrected chi connectivity index (χ2v) is 7.61. The SMILES string of the molecule is COc1cccc([C@@H]2NC(=O)c3c(sc4c3CC[C@@H](C)C4)N2)c1O. The van der Waals surface area contributed by atoms with Crippen molar-refractivity contribution in [2.24, 2.45) is 5.92 Å². The van der Waals surface area contributed by atoms with Gasteiger partial charge in [0.15, 0.2) is 11.5 Å². The third-order valence-corrected chi connectivity index (χ3v) is 6.04. The highest BCUT2D eigenvalue weighted by Crippen LogP contribution is 2.44. The van der Waals surface area contributed by atoms with Crippen molar-refractivity contribution in [3.05, 3.63) is 39.8 Å². The van der Waals surface area contributed by atoms with Gasteiger partial charge in [-0.3, -0.25) is 4.79 Å². The molecule has 1 aromatic heterocycles. The highest BCUT2D eigenvalue weighted by molar-refractivity contribution is 7.16. The Balaban J connectivity index is 1.71. The summed E-state index contributed by atoms with van der Waals surface area (Å²) in [6.07, 6.45) is 2.67. The van der Waals surface area contributed by atoms with Crippen LogP contribution in [0.1, 0.15) is 45.9 Å². The van der Waals surface area contributed by atoms with Crippen molar-refractivity contribution in [2.75, 3.05) is 12.4 Å². The van der Waals surface area contributed by atoms with E-state index in [0.717, 1.165) is 29.8 Å². The van der Waals surface area contributed by atoms with Gasteiger partial charge in [-0.1, -0.05) is 19.1 Å². The molecule has 0 radical (unpaired) electrons. The summed E-state index contributed by atoms with van der Waals surface area (Å²) in [5.41, 5.74) is 2.60. The van der Waals surface area contributed by atoms with E-state index >= 15 is 0 Å². The lowest BCUT2D eigenvalue weighted by Crippen LogP contribution is -2.38. The van der Waals surface area contributed by atoms with Crippen LogP contribution in [-0.4, -0.2) is 18.1 Å². The van der Waals surface area contributed by atoms with Crippen molar-refractivity contribution < 1.29 is 14.6 Å². The molecule has 1 amide bonds. The van der Waals surface area contributed by atoms with Crippen molar-refractivity contribution in [2.45, 2.75) is 32.4 Å². The Hall–Kier alpha value is -2.21. The molecule has 0 spiro atoms. The third-order valence-electron chi connectivity index (χ3n) is 4.85. The molecule has 1 aromatic carbocycles. The number of amides is 1. The van der Waals surface area contributed by atoms with E-state index in [1.807, 2.05) is 0 Å². The Morgan fingerprint density at radius 2 is 2.17 bits per heavy atom. The lowest BCUT2D eigenvalue weighted by molar-refractivity contribution is 0.0934. The maximum absolute atomic E-state index is 12.7. The molecule has 0 bridgehead atoms. The Morgan fingerprint density at radius 1 is 1.33 bits per heavy atom. The van der Waals surface area contributed by atoms with Crippen LogP contribution in [0.25, 0.3) is 0 Å². The fourth-order valence-electron chi connectivity index (χ4n) is 3.56. The molecule has 126 valence electrons. The van der Waals surface area contributed by atoms with E-state index in [2.05, 4.69) is 17.6 Å². The van der Waals surface area contributed by atoms with Gasteiger partial charge in [0, 0.05) is 10.4 Å². The van der Waals surface area contributed by atoms with Gasteiger partial charge in [-0.05, 0) is 36.8 Å². The van der Waals surface area contributed by atoms with Crippen LogP contribution in [0.2, 0.25) is 0 Å². The number of rotatable bonds is 2. The fraction of sp³-hybridized carbons (Fsp3) is 0.389. The smallest absolute Gasteiger partial charge is 0.256 e. The number of hydrogen-bond acceptors (Lipinski definition) is 5. The second-order valence-electron chi connectivity index (χ2n) is 6.50. The topological polar surface area (TPSA) is 70.6 Å². The van der Waals surface area contributed by atoms with E-state index in [-0.39, 0.29) is 11.7 Å². The quantitative estimate of drug-likeness (QED) is 0.780. The van der Waals surface area contributed by atoms with Crippen LogP contribution in [0.15, 0.2) is 18.2 Å². The van der Waals surface area contributed by atoms with E-state index in [0.29, 0.717) is 17.2 Å². The van der Waals surface area contributed by atoms with Crippen LogP contribution >= 0.6 is 11.3 Å². The number of carbonyl (C=O) groups excluding carboxylic acids is 1. The highest BCUT2D eigenvalue weighted by atomic mass is 32.1. The largest absolute Gasteiger partial charge is 0.504 e. The summed E-state index contributed by atoms with van der Waals surface area (Å²) in [5, 5.41) is 17.6. The van der Waals surface area contributed by atoms with Crippen LogP contribution in [0, 0.1) is 5.92 Å². The number of para-hydroxylation sites is 1. The molecule has 5 nitrogen and oxygen atoms in total. The minimum absolute atomic E-state index is 0.0520. The molecule has 6 heteroatoms. The third kappa shape index (κ3) is 2.33. The molecule has 1 aliphatic carbocycles. The molecule has 0 unspecified atom stereocenters. The van der Waals surface area contributed by atoms with Crippen molar-refractivity contribution in [1.82, 2.24) is 5.32 Å². The van der Waals surface area contributed by atoms with E-state index in [9.17, 15) is 9.90 Å². The maximum atomic E-state index is 12.7. The number of aromatic hydroxyl groups is 1. The summed E-state index contributed by atoms with van der Waals surface area (Å²) in [4.78, 5) is 14.0. The zero-order valence-corrected chi connectivity index (χ0v) is 14.5. The number of benzene rings is 1. The van der Waals surface area contributed by atoms with Crippen LogP contribution < -0.4 is 15.4 Å². The zero-order chi connectivity index (χ0) is 16.8. The first-order valence-corrected chi connectivity index (χ1v) is 8.98. The Bertz CT molecular complexity index is 815. The fourth-order valence-corrected chi connectivity index (χ4v) is 4.99. The van der Waals surface area contributed by atoms with Crippen molar-refractivity contribution >= 4 is 22.2 Å². The average molecular weight is 344 g/mol. The van der Waals surface area contributed by atoms with Crippen LogP contribution in [-0.2, 0) is 12.8 Å². The summed E-state index contributed by atoms with van der Waals surface area (Å²) in [6, 6.07) is 5.29. The maximum Gasteiger partial charge on any atom is 0.256 e. The van der Waals surface area contributed by atoms with Crippen molar-refractivity contribution in [1.29, 1.82) is 0 Å². The number of thiophene rings is 1. The van der Waals surface area contributed by atoms with E-state index in [1.54, 1.807) is 29.5 Å². The molecule has 3 N–H and O–H groups in total. The number of anilines is 1. The molecule has 0 saturated carbocycles. The highest BCUT2D eigenvalue weighted by Gasteiger charge is 2.34. The number of ether oxygens (including phenoxy) is 1. The minimum Gasteiger partial charge on any atom is -0.504 e. The number of fused-ring (bicyclic) bond motifs is 3. The predicted octanol–water partition coefficient (Wildman–Crippen LogP) is 3.44. The Labute approximate surface area is 144 Å². The Kier molecular flexibility index (Phi) is 3.64. The van der Waals surface area contributed by atoms with Gasteiger partial charge in [0.2, 0.25) is 0 Å². The van der Waals surface area contributed by atoms with Crippen molar-refractivity contribution in [3.8, 4) is 11.5 Å². The number of phenols is 1. The second kappa shape index (κ2) is 5.70. The zero-order valence-electron chi connectivity index (χ0n) is 13.7. The van der Waals surface area contributed by atoms with Gasteiger partial charge in [0.25, 0.3) is 5.91 Å². The lowest BCUT2D eigenvalue weighted by Gasteiger charge is -2.27. The number of carbonyl (C=O) groups is 1. The molecule has 24 heavy (non-hydrogen) atoms. The normalized spacial score (nSPS) is 22.2. The molecule has 0 saturated heterocycles. The molecule has 2 aromatic rings. The lowest BCUT2D eigenvalue weighted by atomic mass is 9.88. The Morgan fingerprint density at radius 3 is 2.96 bits per heavy atom. The molecule has 1 aliphatic heterocycles. The molecular formula is C18H20N2O3S. The summed E-state index contributed by atoms with van der Waals surface area (Å²) >= 11 is 1.67. The van der Waals surface area contributed by atoms with E-state index in [4.69, 9.17) is 4.74 Å². The van der Waals surface area contributed by atoms with Gasteiger partial charge < -0.3 is 20.5 Å². The summed E-state index contributed by atoms with van der Waals surface area (Å²) in [6.45, 7) is 2.26. The first-order chi connectivity index (χ1) is 11.6. The van der Waals surface area contributed by atoms with Gasteiger partial charge >= 0.3 is 0 Å². The van der Waals surface area contributed by atoms with Crippen LogP contribution in [0.3, 0.4) is 0 Å². The van der Waals surface area contributed by atoms with Crippen LogP contribution in [0.5, 0.6) is 11.5 Å². The van der Waals surface area contributed by atoms with E-state index < -0.39 is 6.17 Å². The molecule has 2 heterocycles. The van der Waals surface area contributed by atoms with Gasteiger partial charge in [-0.25, -0.2) is 0 Å². The summed E-state index contributed by atoms with van der Waals surface area (Å²) in [5.74, 6) is 1.05. The number of hydrogen-bond donors (Lipinski definition) is 3. The molecule has 4 rings (SSSR count). The predicted molar refractivity (Wildman–Crippen MR) is 94.0 cm³/mol. The summed E-state index contributed by atoms with van der Waals surface area (Å²) < 4.78 is 5.16. The van der Waals surface area contributed by atoms with Gasteiger partial charge in [0.05, 0.1) is 12.7 Å². The summed E-state index contributed by atoms with van der Waals surface area (Å²) in [7, 11) is 1.51. The van der Waals surface area contributed by atoms with E-state index in [1.165, 1.54) is 17.6 Å². The molecular weight excluding hydrogens is 324 g/mol. The van der Waals surface area contributed by atoms with Crippen molar-refractivity contribution in [3.63, 3.8) is 0 Å². The monoisotopic (exact) mass is 344 g/mol. The number of methoxy groups -OCH3 is 1. The van der Waals surface area contributed by atoms with Gasteiger partial charge in [0.1, 0.15) is 11.2 Å². The number of phenolic OH excluding ortho intramolecular Hbond substituents is 1. The molecule has 2 atom stereocenters. The average Bonchev–Trinajstić information content (AvgIpc) is 2.92.